The molecule has 10 heteroatoms. The number of benzene rings is 2. The Hall–Kier alpha value is -2.29. The van der Waals surface area contributed by atoms with Crippen molar-refractivity contribution < 1.29 is 18.0 Å². The van der Waals surface area contributed by atoms with Crippen LogP contribution in [0.2, 0.25) is 10.0 Å². The number of hydrogen-bond acceptors (Lipinski definition) is 4. The van der Waals surface area contributed by atoms with Crippen molar-refractivity contribution in [2.24, 2.45) is 0 Å². The Kier molecular flexibility index (Phi) is 8.56. The van der Waals surface area contributed by atoms with E-state index in [1.54, 1.807) is 37.3 Å². The number of nitrogens with one attached hydrogen (secondary N) is 1. The van der Waals surface area contributed by atoms with E-state index in [4.69, 9.17) is 23.2 Å². The summed E-state index contributed by atoms with van der Waals surface area (Å²) >= 11 is 12.1. The molecule has 2 aromatic carbocycles. The van der Waals surface area contributed by atoms with Gasteiger partial charge in [0.25, 0.3) is 0 Å². The number of likely N-dealkylation sites (N-methyl/N-ethyl adjacent to an activating group) is 1. The summed E-state index contributed by atoms with van der Waals surface area (Å²) in [5.74, 6) is -0.910. The van der Waals surface area contributed by atoms with Gasteiger partial charge in [0.05, 0.1) is 22.0 Å². The molecule has 0 aromatic heterocycles. The summed E-state index contributed by atoms with van der Waals surface area (Å²) in [5.41, 5.74) is 2.78. The van der Waals surface area contributed by atoms with E-state index in [0.717, 1.165) is 21.7 Å². The average Bonchev–Trinajstić information content (AvgIpc) is 2.69. The number of amides is 2. The summed E-state index contributed by atoms with van der Waals surface area (Å²) in [4.78, 5) is 27.0. The first kappa shape index (κ1) is 26.0. The molecule has 0 bridgehead atoms. The van der Waals surface area contributed by atoms with Crippen LogP contribution in [0.3, 0.4) is 0 Å². The third-order valence-electron chi connectivity index (χ3n) is 4.92. The lowest BCUT2D eigenvalue weighted by atomic mass is 10.1. The van der Waals surface area contributed by atoms with Crippen molar-refractivity contribution in [2.75, 3.05) is 24.2 Å². The van der Waals surface area contributed by atoms with Gasteiger partial charge in [0, 0.05) is 13.6 Å². The molecule has 0 aliphatic carbocycles. The van der Waals surface area contributed by atoms with Crippen LogP contribution in [0.5, 0.6) is 0 Å². The maximum absolute atomic E-state index is 13.3. The third kappa shape index (κ3) is 6.60. The first-order chi connectivity index (χ1) is 14.8. The van der Waals surface area contributed by atoms with Crippen molar-refractivity contribution in [3.05, 3.63) is 63.1 Å². The van der Waals surface area contributed by atoms with Gasteiger partial charge in [-0.3, -0.25) is 13.9 Å². The summed E-state index contributed by atoms with van der Waals surface area (Å²) in [5, 5.41) is 3.21. The zero-order chi connectivity index (χ0) is 24.2. The molecule has 7 nitrogen and oxygen atoms in total. The quantitative estimate of drug-likeness (QED) is 0.601. The molecule has 0 aliphatic rings. The van der Waals surface area contributed by atoms with E-state index in [0.29, 0.717) is 21.3 Å². The van der Waals surface area contributed by atoms with Crippen molar-refractivity contribution >= 4 is 50.7 Å². The van der Waals surface area contributed by atoms with Gasteiger partial charge in [-0.25, -0.2) is 8.42 Å². The maximum Gasteiger partial charge on any atom is 0.244 e. The minimum absolute atomic E-state index is 0.0504. The Balaban J connectivity index is 2.43. The molecule has 32 heavy (non-hydrogen) atoms. The Labute approximate surface area is 199 Å². The van der Waals surface area contributed by atoms with Crippen molar-refractivity contribution in [3.63, 3.8) is 0 Å². The number of sulfonamides is 1. The summed E-state index contributed by atoms with van der Waals surface area (Å²) in [6.45, 7) is 4.88. The van der Waals surface area contributed by atoms with Gasteiger partial charge in [0.1, 0.15) is 12.6 Å². The van der Waals surface area contributed by atoms with E-state index in [1.807, 2.05) is 19.9 Å². The van der Waals surface area contributed by atoms with Gasteiger partial charge in [0.2, 0.25) is 21.8 Å². The van der Waals surface area contributed by atoms with Gasteiger partial charge in [0.15, 0.2) is 0 Å². The highest BCUT2D eigenvalue weighted by Crippen LogP contribution is 2.25. The number of anilines is 1. The predicted molar refractivity (Wildman–Crippen MR) is 129 cm³/mol. The van der Waals surface area contributed by atoms with Gasteiger partial charge in [-0.1, -0.05) is 35.3 Å². The Bertz CT molecular complexity index is 1100. The van der Waals surface area contributed by atoms with Gasteiger partial charge < -0.3 is 10.2 Å². The molecule has 0 fully saturated rings. The number of hydrogen-bond donors (Lipinski definition) is 1. The van der Waals surface area contributed by atoms with Crippen LogP contribution in [-0.4, -0.2) is 51.0 Å². The van der Waals surface area contributed by atoms with E-state index in [-0.39, 0.29) is 12.5 Å². The fourth-order valence-corrected chi connectivity index (χ4v) is 4.49. The van der Waals surface area contributed by atoms with Crippen LogP contribution in [0.25, 0.3) is 0 Å². The topological polar surface area (TPSA) is 86.8 Å². The molecule has 2 amide bonds. The molecule has 2 rings (SSSR count). The molecule has 0 unspecified atom stereocenters. The molecule has 1 N–H and O–H groups in total. The highest BCUT2D eigenvalue weighted by atomic mass is 35.5. The second-order valence-electron chi connectivity index (χ2n) is 7.68. The molecular weight excluding hydrogens is 473 g/mol. The number of carbonyl (C=O) groups is 2. The molecule has 0 heterocycles. The molecule has 1 atom stereocenters. The lowest BCUT2D eigenvalue weighted by Crippen LogP contribution is -2.50. The lowest BCUT2D eigenvalue weighted by molar-refractivity contribution is -0.139. The molecule has 0 aliphatic heterocycles. The maximum atomic E-state index is 13.3. The van der Waals surface area contributed by atoms with Crippen LogP contribution in [0.1, 0.15) is 23.6 Å². The van der Waals surface area contributed by atoms with E-state index in [2.05, 4.69) is 5.32 Å². The Morgan fingerprint density at radius 2 is 1.62 bits per heavy atom. The molecule has 174 valence electrons. The SMILES string of the molecule is CNC(=O)[C@@H](C)N(Cc1ccc(Cl)c(Cl)c1)C(=O)CN(c1cc(C)cc(C)c1)S(C)(=O)=O. The number of carbonyl (C=O) groups excluding carboxylic acids is 2. The second kappa shape index (κ2) is 10.6. The largest absolute Gasteiger partial charge is 0.357 e. The summed E-state index contributed by atoms with van der Waals surface area (Å²) in [6.07, 6.45) is 1.05. The summed E-state index contributed by atoms with van der Waals surface area (Å²) in [7, 11) is -2.30. The lowest BCUT2D eigenvalue weighted by Gasteiger charge is -2.31. The van der Waals surface area contributed by atoms with Crippen LogP contribution in [0, 0.1) is 13.8 Å². The van der Waals surface area contributed by atoms with Crippen LogP contribution in [-0.2, 0) is 26.2 Å². The van der Waals surface area contributed by atoms with E-state index in [9.17, 15) is 18.0 Å². The fraction of sp³-hybridized carbons (Fsp3) is 0.364. The number of rotatable bonds is 8. The monoisotopic (exact) mass is 499 g/mol. The van der Waals surface area contributed by atoms with Crippen molar-refractivity contribution in [1.82, 2.24) is 10.2 Å². The molecule has 2 aromatic rings. The van der Waals surface area contributed by atoms with E-state index >= 15 is 0 Å². The number of nitrogens with zero attached hydrogens (tertiary/aromatic N) is 2. The molecule has 0 saturated carbocycles. The van der Waals surface area contributed by atoms with Gasteiger partial charge >= 0.3 is 0 Å². The highest BCUT2D eigenvalue weighted by molar-refractivity contribution is 7.92. The van der Waals surface area contributed by atoms with E-state index < -0.39 is 28.5 Å². The van der Waals surface area contributed by atoms with Gasteiger partial charge in [-0.05, 0) is 61.7 Å². The Morgan fingerprint density at radius 3 is 2.12 bits per heavy atom. The van der Waals surface area contributed by atoms with Crippen molar-refractivity contribution in [3.8, 4) is 0 Å². The van der Waals surface area contributed by atoms with Crippen LogP contribution in [0.15, 0.2) is 36.4 Å². The number of halogens is 2. The van der Waals surface area contributed by atoms with E-state index in [1.165, 1.54) is 11.9 Å². The highest BCUT2D eigenvalue weighted by Gasteiger charge is 2.30. The van der Waals surface area contributed by atoms with Gasteiger partial charge in [-0.15, -0.1) is 0 Å². The molecule has 0 saturated heterocycles. The zero-order valence-electron chi connectivity index (χ0n) is 18.6. The average molecular weight is 500 g/mol. The van der Waals surface area contributed by atoms with Crippen molar-refractivity contribution in [2.45, 2.75) is 33.4 Å². The smallest absolute Gasteiger partial charge is 0.244 e. The van der Waals surface area contributed by atoms with Crippen LogP contribution >= 0.6 is 23.2 Å². The molecule has 0 radical (unpaired) electrons. The van der Waals surface area contributed by atoms with Crippen LogP contribution < -0.4 is 9.62 Å². The minimum Gasteiger partial charge on any atom is -0.357 e. The van der Waals surface area contributed by atoms with Crippen LogP contribution in [0.4, 0.5) is 5.69 Å². The number of aryl methyl sites for hydroxylation is 2. The third-order valence-corrected chi connectivity index (χ3v) is 6.80. The fourth-order valence-electron chi connectivity index (χ4n) is 3.33. The molecule has 0 spiro atoms. The standard InChI is InChI=1S/C22H27Cl2N3O4S/c1-14-8-15(2)10-18(9-14)27(32(5,30)31)13-21(28)26(16(3)22(29)25-4)12-17-6-7-19(23)20(24)11-17/h6-11,16H,12-13H2,1-5H3,(H,25,29)/t16-/m1/s1. The minimum atomic E-state index is -3.77. The molecular formula is C22H27Cl2N3O4S. The normalized spacial score (nSPS) is 12.2. The Morgan fingerprint density at radius 1 is 1.03 bits per heavy atom. The predicted octanol–water partition coefficient (Wildman–Crippen LogP) is 3.54. The first-order valence-corrected chi connectivity index (χ1v) is 12.4. The van der Waals surface area contributed by atoms with Gasteiger partial charge in [-0.2, -0.15) is 0 Å². The zero-order valence-corrected chi connectivity index (χ0v) is 21.0. The second-order valence-corrected chi connectivity index (χ2v) is 10.4. The van der Waals surface area contributed by atoms with Crippen molar-refractivity contribution in [1.29, 1.82) is 0 Å². The first-order valence-electron chi connectivity index (χ1n) is 9.84. The summed E-state index contributed by atoms with van der Waals surface area (Å²) < 4.78 is 26.2. The summed E-state index contributed by atoms with van der Waals surface area (Å²) in [6, 6.07) is 9.38.